The van der Waals surface area contributed by atoms with Crippen LogP contribution in [0.25, 0.3) is 0 Å². The second-order valence-corrected chi connectivity index (χ2v) is 5.87. The zero-order chi connectivity index (χ0) is 14.9. The molecule has 8 heteroatoms. The fourth-order valence-corrected chi connectivity index (χ4v) is 2.86. The van der Waals surface area contributed by atoms with E-state index < -0.39 is 11.5 Å². The SMILES string of the molecule is CC1(C)C(=O)NC(=O)CN1c1nc(CCC(=O)O)cs1. The Hall–Kier alpha value is -1.96. The average Bonchev–Trinajstić information content (AvgIpc) is 2.80. The van der Waals surface area contributed by atoms with Crippen molar-refractivity contribution in [2.45, 2.75) is 32.2 Å². The standard InChI is InChI=1S/C12H15N3O4S/c1-12(2)10(19)14-8(16)5-15(12)11-13-7(6-20-11)3-4-9(17)18/h6H,3-5H2,1-2H3,(H,17,18)(H,14,16,19). The quantitative estimate of drug-likeness (QED) is 0.780. The molecule has 7 nitrogen and oxygen atoms in total. The molecule has 2 heterocycles. The minimum atomic E-state index is -0.882. The summed E-state index contributed by atoms with van der Waals surface area (Å²) in [7, 11) is 0. The molecular weight excluding hydrogens is 282 g/mol. The summed E-state index contributed by atoms with van der Waals surface area (Å²) < 4.78 is 0. The maximum atomic E-state index is 11.9. The van der Waals surface area contributed by atoms with E-state index in [0.717, 1.165) is 0 Å². The monoisotopic (exact) mass is 297 g/mol. The molecule has 0 aliphatic carbocycles. The Morgan fingerprint density at radius 3 is 2.90 bits per heavy atom. The van der Waals surface area contributed by atoms with E-state index in [1.807, 2.05) is 0 Å². The Morgan fingerprint density at radius 2 is 2.25 bits per heavy atom. The average molecular weight is 297 g/mol. The number of carboxylic acids is 1. The molecule has 0 atom stereocenters. The summed E-state index contributed by atoms with van der Waals surface area (Å²) in [6.45, 7) is 3.49. The molecule has 1 aromatic heterocycles. The molecule has 0 spiro atoms. The third-order valence-electron chi connectivity index (χ3n) is 3.15. The molecule has 108 valence electrons. The molecule has 1 fully saturated rings. The van der Waals surface area contributed by atoms with Gasteiger partial charge in [0.1, 0.15) is 12.1 Å². The third-order valence-corrected chi connectivity index (χ3v) is 4.06. The van der Waals surface area contributed by atoms with Crippen LogP contribution in [0.5, 0.6) is 0 Å². The molecule has 1 aliphatic heterocycles. The number of aryl methyl sites for hydroxylation is 1. The Bertz CT molecular complexity index is 567. The van der Waals surface area contributed by atoms with Crippen molar-refractivity contribution in [1.82, 2.24) is 10.3 Å². The van der Waals surface area contributed by atoms with E-state index in [1.54, 1.807) is 24.1 Å². The van der Waals surface area contributed by atoms with Gasteiger partial charge in [0.05, 0.1) is 12.1 Å². The van der Waals surface area contributed by atoms with Crippen molar-refractivity contribution in [3.63, 3.8) is 0 Å². The molecule has 20 heavy (non-hydrogen) atoms. The van der Waals surface area contributed by atoms with E-state index in [9.17, 15) is 14.4 Å². The fourth-order valence-electron chi connectivity index (χ4n) is 1.86. The van der Waals surface area contributed by atoms with Crippen LogP contribution in [-0.2, 0) is 20.8 Å². The number of nitrogens with one attached hydrogen (secondary N) is 1. The van der Waals surface area contributed by atoms with Crippen molar-refractivity contribution in [3.8, 4) is 0 Å². The minimum absolute atomic E-state index is 0.00594. The number of amides is 2. The van der Waals surface area contributed by atoms with Gasteiger partial charge in [-0.25, -0.2) is 4.98 Å². The predicted molar refractivity (Wildman–Crippen MR) is 72.6 cm³/mol. The van der Waals surface area contributed by atoms with Gasteiger partial charge in [-0.1, -0.05) is 0 Å². The van der Waals surface area contributed by atoms with Gasteiger partial charge in [0.25, 0.3) is 5.91 Å². The van der Waals surface area contributed by atoms with Crippen molar-refractivity contribution in [3.05, 3.63) is 11.1 Å². The van der Waals surface area contributed by atoms with Crippen LogP contribution < -0.4 is 10.2 Å². The van der Waals surface area contributed by atoms with E-state index in [4.69, 9.17) is 5.11 Å². The highest BCUT2D eigenvalue weighted by atomic mass is 32.1. The number of carbonyl (C=O) groups is 3. The van der Waals surface area contributed by atoms with Crippen LogP contribution >= 0.6 is 11.3 Å². The van der Waals surface area contributed by atoms with Gasteiger partial charge in [-0.3, -0.25) is 19.7 Å². The largest absolute Gasteiger partial charge is 0.481 e. The Balaban J connectivity index is 2.19. The number of carbonyl (C=O) groups excluding carboxylic acids is 2. The van der Waals surface area contributed by atoms with Crippen molar-refractivity contribution >= 4 is 34.3 Å². The molecule has 2 N–H and O–H groups in total. The number of imide groups is 1. The summed E-state index contributed by atoms with van der Waals surface area (Å²) in [5, 5.41) is 13.3. The maximum Gasteiger partial charge on any atom is 0.303 e. The summed E-state index contributed by atoms with van der Waals surface area (Å²) in [5.74, 6) is -1.61. The van der Waals surface area contributed by atoms with E-state index in [0.29, 0.717) is 17.2 Å². The van der Waals surface area contributed by atoms with Crippen LogP contribution in [0.2, 0.25) is 0 Å². The van der Waals surface area contributed by atoms with E-state index in [-0.39, 0.29) is 24.8 Å². The molecule has 1 aliphatic rings. The number of aromatic nitrogens is 1. The number of rotatable bonds is 4. The van der Waals surface area contributed by atoms with Crippen molar-refractivity contribution in [1.29, 1.82) is 0 Å². The highest BCUT2D eigenvalue weighted by Gasteiger charge is 2.42. The number of nitrogens with zero attached hydrogens (tertiary/aromatic N) is 2. The second kappa shape index (κ2) is 5.20. The first-order valence-electron chi connectivity index (χ1n) is 6.09. The number of hydrogen-bond donors (Lipinski definition) is 2. The zero-order valence-corrected chi connectivity index (χ0v) is 12.0. The summed E-state index contributed by atoms with van der Waals surface area (Å²) in [5.41, 5.74) is -0.211. The van der Waals surface area contributed by atoms with Crippen LogP contribution in [-0.4, -0.2) is 40.0 Å². The molecule has 1 aromatic rings. The van der Waals surface area contributed by atoms with Crippen LogP contribution in [0.4, 0.5) is 5.13 Å². The van der Waals surface area contributed by atoms with Crippen LogP contribution in [0.1, 0.15) is 26.0 Å². The lowest BCUT2D eigenvalue weighted by Gasteiger charge is -2.39. The number of piperazine rings is 1. The van der Waals surface area contributed by atoms with Gasteiger partial charge in [-0.05, 0) is 13.8 Å². The summed E-state index contributed by atoms with van der Waals surface area (Å²) in [4.78, 5) is 39.8. The first-order chi connectivity index (χ1) is 9.30. The molecule has 2 rings (SSSR count). The number of aliphatic carboxylic acids is 1. The lowest BCUT2D eigenvalue weighted by Crippen LogP contribution is -2.64. The fraction of sp³-hybridized carbons (Fsp3) is 0.500. The Labute approximate surface area is 119 Å². The van der Waals surface area contributed by atoms with E-state index in [2.05, 4.69) is 10.3 Å². The number of anilines is 1. The summed E-state index contributed by atoms with van der Waals surface area (Å²) >= 11 is 1.30. The Kier molecular flexibility index (Phi) is 3.76. The van der Waals surface area contributed by atoms with Crippen LogP contribution in [0.3, 0.4) is 0 Å². The molecular formula is C12H15N3O4S. The maximum absolute atomic E-state index is 11.9. The Morgan fingerprint density at radius 1 is 1.55 bits per heavy atom. The highest BCUT2D eigenvalue weighted by Crippen LogP contribution is 2.29. The molecule has 0 radical (unpaired) electrons. The predicted octanol–water partition coefficient (Wildman–Crippen LogP) is 0.402. The topological polar surface area (TPSA) is 99.6 Å². The summed E-state index contributed by atoms with van der Waals surface area (Å²) in [6.07, 6.45) is 0.340. The van der Waals surface area contributed by atoms with E-state index >= 15 is 0 Å². The molecule has 2 amide bonds. The molecule has 0 bridgehead atoms. The number of thiazole rings is 1. The lowest BCUT2D eigenvalue weighted by atomic mass is 10.00. The molecule has 0 unspecified atom stereocenters. The lowest BCUT2D eigenvalue weighted by molar-refractivity contribution is -0.137. The van der Waals surface area contributed by atoms with Crippen molar-refractivity contribution in [2.24, 2.45) is 0 Å². The normalized spacial score (nSPS) is 18.0. The summed E-state index contributed by atoms with van der Waals surface area (Å²) in [6, 6.07) is 0. The smallest absolute Gasteiger partial charge is 0.303 e. The van der Waals surface area contributed by atoms with Gasteiger partial charge in [-0.2, -0.15) is 0 Å². The first kappa shape index (κ1) is 14.4. The molecule has 0 aromatic carbocycles. The van der Waals surface area contributed by atoms with Crippen LogP contribution in [0, 0.1) is 0 Å². The highest BCUT2D eigenvalue weighted by molar-refractivity contribution is 7.13. The number of carboxylic acid groups (broad SMARTS) is 1. The molecule has 1 saturated heterocycles. The van der Waals surface area contributed by atoms with Gasteiger partial charge in [-0.15, -0.1) is 11.3 Å². The van der Waals surface area contributed by atoms with Gasteiger partial charge in [0.15, 0.2) is 5.13 Å². The van der Waals surface area contributed by atoms with Crippen molar-refractivity contribution < 1.29 is 19.5 Å². The van der Waals surface area contributed by atoms with Gasteiger partial charge in [0, 0.05) is 11.8 Å². The zero-order valence-electron chi connectivity index (χ0n) is 11.2. The van der Waals surface area contributed by atoms with Gasteiger partial charge in [0.2, 0.25) is 5.91 Å². The number of hydrogen-bond acceptors (Lipinski definition) is 6. The third kappa shape index (κ3) is 2.79. The van der Waals surface area contributed by atoms with E-state index in [1.165, 1.54) is 11.3 Å². The van der Waals surface area contributed by atoms with Gasteiger partial charge < -0.3 is 10.0 Å². The first-order valence-corrected chi connectivity index (χ1v) is 6.97. The second-order valence-electron chi connectivity index (χ2n) is 5.04. The van der Waals surface area contributed by atoms with Crippen molar-refractivity contribution in [2.75, 3.05) is 11.4 Å². The van der Waals surface area contributed by atoms with Gasteiger partial charge >= 0.3 is 5.97 Å². The molecule has 0 saturated carbocycles. The minimum Gasteiger partial charge on any atom is -0.481 e. The van der Waals surface area contributed by atoms with Crippen LogP contribution in [0.15, 0.2) is 5.38 Å².